The molecule has 0 aliphatic carbocycles. The minimum absolute atomic E-state index is 0.379. The van der Waals surface area contributed by atoms with Gasteiger partial charge in [-0.2, -0.15) is 0 Å². The second-order valence-corrected chi connectivity index (χ2v) is 5.81. The molecule has 1 saturated heterocycles. The number of para-hydroxylation sites is 1. The summed E-state index contributed by atoms with van der Waals surface area (Å²) in [5, 5.41) is 6.29. The van der Waals surface area contributed by atoms with Crippen LogP contribution in [0.15, 0.2) is 28.7 Å². The number of hydrogen-bond donors (Lipinski definition) is 2. The number of carbonyl (C=O) groups excluding carboxylic acids is 1. The van der Waals surface area contributed by atoms with Crippen molar-refractivity contribution in [2.45, 2.75) is 38.3 Å². The Kier molecular flexibility index (Phi) is 3.64. The van der Waals surface area contributed by atoms with Gasteiger partial charge in [0, 0.05) is 17.4 Å². The van der Waals surface area contributed by atoms with Crippen LogP contribution in [-0.4, -0.2) is 24.4 Å². The number of nitrogens with one attached hydrogen (secondary N) is 2. The van der Waals surface area contributed by atoms with E-state index >= 15 is 0 Å². The summed E-state index contributed by atoms with van der Waals surface area (Å²) in [7, 11) is 0. The van der Waals surface area contributed by atoms with Gasteiger partial charge in [0.1, 0.15) is 11.3 Å². The summed E-state index contributed by atoms with van der Waals surface area (Å²) in [5.41, 5.74) is 1.70. The highest BCUT2D eigenvalue weighted by molar-refractivity contribution is 5.84. The quantitative estimate of drug-likeness (QED) is 0.916. The number of rotatable bonds is 3. The van der Waals surface area contributed by atoms with E-state index in [4.69, 9.17) is 4.42 Å². The first-order chi connectivity index (χ1) is 10.4. The summed E-state index contributed by atoms with van der Waals surface area (Å²) in [5.74, 6) is -2.59. The topological polar surface area (TPSA) is 54.3 Å². The van der Waals surface area contributed by atoms with E-state index in [-0.39, 0.29) is 6.04 Å². The largest absolute Gasteiger partial charge is 0.459 e. The SMILES string of the molecule is Cc1c(C(C)NC(=O)C2CC(F)(F)CN2)oc2ccccc12. The molecule has 2 N–H and O–H groups in total. The first-order valence-electron chi connectivity index (χ1n) is 7.27. The van der Waals surface area contributed by atoms with Gasteiger partial charge in [-0.1, -0.05) is 18.2 Å². The van der Waals surface area contributed by atoms with Crippen LogP contribution in [0, 0.1) is 6.92 Å². The molecular weight excluding hydrogens is 290 g/mol. The van der Waals surface area contributed by atoms with Gasteiger partial charge in [-0.15, -0.1) is 0 Å². The highest BCUT2D eigenvalue weighted by Gasteiger charge is 2.42. The Bertz CT molecular complexity index is 711. The van der Waals surface area contributed by atoms with Crippen LogP contribution in [0.25, 0.3) is 11.0 Å². The summed E-state index contributed by atoms with van der Waals surface area (Å²) in [6, 6.07) is 6.37. The Hall–Kier alpha value is -1.95. The van der Waals surface area contributed by atoms with E-state index < -0.39 is 30.8 Å². The molecule has 2 aromatic rings. The molecule has 4 nitrogen and oxygen atoms in total. The number of hydrogen-bond acceptors (Lipinski definition) is 3. The van der Waals surface area contributed by atoms with Crippen molar-refractivity contribution in [1.29, 1.82) is 0 Å². The van der Waals surface area contributed by atoms with Gasteiger partial charge in [-0.05, 0) is 19.9 Å². The van der Waals surface area contributed by atoms with Crippen LogP contribution in [0.2, 0.25) is 0 Å². The van der Waals surface area contributed by atoms with E-state index in [0.29, 0.717) is 5.76 Å². The minimum Gasteiger partial charge on any atom is -0.459 e. The first-order valence-corrected chi connectivity index (χ1v) is 7.27. The van der Waals surface area contributed by atoms with E-state index in [1.165, 1.54) is 0 Å². The fraction of sp³-hybridized carbons (Fsp3) is 0.438. The molecule has 1 amide bonds. The van der Waals surface area contributed by atoms with Crippen LogP contribution in [-0.2, 0) is 4.79 Å². The van der Waals surface area contributed by atoms with Crippen molar-refractivity contribution in [2.75, 3.05) is 6.54 Å². The third-order valence-corrected chi connectivity index (χ3v) is 4.06. The van der Waals surface area contributed by atoms with Crippen molar-refractivity contribution in [1.82, 2.24) is 10.6 Å². The number of fused-ring (bicyclic) bond motifs is 1. The van der Waals surface area contributed by atoms with Crippen LogP contribution in [0.3, 0.4) is 0 Å². The van der Waals surface area contributed by atoms with Crippen molar-refractivity contribution in [3.8, 4) is 0 Å². The molecule has 1 aliphatic heterocycles. The molecular formula is C16H18F2N2O2. The van der Waals surface area contributed by atoms with Crippen LogP contribution < -0.4 is 10.6 Å². The number of alkyl halides is 2. The summed E-state index contributed by atoms with van der Waals surface area (Å²) >= 11 is 0. The summed E-state index contributed by atoms with van der Waals surface area (Å²) in [4.78, 5) is 12.1. The van der Waals surface area contributed by atoms with Crippen LogP contribution in [0.5, 0.6) is 0 Å². The zero-order valence-corrected chi connectivity index (χ0v) is 12.5. The third-order valence-electron chi connectivity index (χ3n) is 4.06. The lowest BCUT2D eigenvalue weighted by Gasteiger charge is -2.16. The van der Waals surface area contributed by atoms with Gasteiger partial charge in [0.05, 0.1) is 18.6 Å². The Morgan fingerprint density at radius 3 is 2.82 bits per heavy atom. The Morgan fingerprint density at radius 1 is 1.45 bits per heavy atom. The fourth-order valence-corrected chi connectivity index (χ4v) is 2.89. The zero-order valence-electron chi connectivity index (χ0n) is 12.5. The average molecular weight is 308 g/mol. The van der Waals surface area contributed by atoms with Crippen molar-refractivity contribution in [3.05, 3.63) is 35.6 Å². The van der Waals surface area contributed by atoms with Crippen molar-refractivity contribution in [3.63, 3.8) is 0 Å². The van der Waals surface area contributed by atoms with Gasteiger partial charge >= 0.3 is 0 Å². The highest BCUT2D eigenvalue weighted by atomic mass is 19.3. The predicted molar refractivity (Wildman–Crippen MR) is 78.9 cm³/mol. The van der Waals surface area contributed by atoms with Crippen molar-refractivity contribution < 1.29 is 18.0 Å². The molecule has 0 bridgehead atoms. The first kappa shape index (κ1) is 15.0. The normalized spacial score (nSPS) is 21.9. The maximum absolute atomic E-state index is 13.2. The lowest BCUT2D eigenvalue weighted by Crippen LogP contribution is -2.41. The molecule has 2 atom stereocenters. The average Bonchev–Trinajstić information content (AvgIpc) is 3.00. The van der Waals surface area contributed by atoms with E-state index in [0.717, 1.165) is 16.5 Å². The number of furan rings is 1. The third kappa shape index (κ3) is 2.70. The lowest BCUT2D eigenvalue weighted by molar-refractivity contribution is -0.124. The molecule has 2 heterocycles. The second-order valence-electron chi connectivity index (χ2n) is 5.81. The molecule has 0 radical (unpaired) electrons. The monoisotopic (exact) mass is 308 g/mol. The molecule has 22 heavy (non-hydrogen) atoms. The molecule has 2 unspecified atom stereocenters. The zero-order chi connectivity index (χ0) is 15.9. The lowest BCUT2D eigenvalue weighted by atomic mass is 10.1. The van der Waals surface area contributed by atoms with Gasteiger partial charge in [0.15, 0.2) is 0 Å². The van der Waals surface area contributed by atoms with E-state index in [1.807, 2.05) is 31.2 Å². The number of carbonyl (C=O) groups is 1. The Morgan fingerprint density at radius 2 is 2.18 bits per heavy atom. The molecule has 3 rings (SSSR count). The van der Waals surface area contributed by atoms with Crippen LogP contribution in [0.4, 0.5) is 8.78 Å². The van der Waals surface area contributed by atoms with Crippen molar-refractivity contribution >= 4 is 16.9 Å². The van der Waals surface area contributed by atoms with E-state index in [9.17, 15) is 13.6 Å². The Labute approximate surface area is 126 Å². The number of aryl methyl sites for hydroxylation is 1. The smallest absolute Gasteiger partial charge is 0.262 e. The van der Waals surface area contributed by atoms with E-state index in [1.54, 1.807) is 6.92 Å². The van der Waals surface area contributed by atoms with Crippen LogP contribution in [0.1, 0.15) is 30.7 Å². The maximum atomic E-state index is 13.2. The predicted octanol–water partition coefficient (Wildman–Crippen LogP) is 2.92. The molecule has 1 aliphatic rings. The molecule has 1 aromatic carbocycles. The van der Waals surface area contributed by atoms with Gasteiger partial charge in [0.25, 0.3) is 5.92 Å². The molecule has 118 valence electrons. The maximum Gasteiger partial charge on any atom is 0.262 e. The molecule has 0 spiro atoms. The fourth-order valence-electron chi connectivity index (χ4n) is 2.89. The Balaban J connectivity index is 1.75. The molecule has 0 saturated carbocycles. The number of halogens is 2. The summed E-state index contributed by atoms with van der Waals surface area (Å²) in [6.45, 7) is 3.25. The standard InChI is InChI=1S/C16H18F2N2O2/c1-9-11-5-3-4-6-13(11)22-14(9)10(2)20-15(21)12-7-16(17,18)8-19-12/h3-6,10,12,19H,7-8H2,1-2H3,(H,20,21). The molecule has 1 fully saturated rings. The number of amides is 1. The molecule has 6 heteroatoms. The van der Waals surface area contributed by atoms with Crippen molar-refractivity contribution in [2.24, 2.45) is 0 Å². The summed E-state index contributed by atoms with van der Waals surface area (Å²) < 4.78 is 32.1. The second kappa shape index (κ2) is 5.35. The van der Waals surface area contributed by atoms with Crippen LogP contribution >= 0.6 is 0 Å². The summed E-state index contributed by atoms with van der Waals surface area (Å²) in [6.07, 6.45) is -0.468. The molecule has 1 aromatic heterocycles. The van der Waals surface area contributed by atoms with Gasteiger partial charge in [-0.25, -0.2) is 8.78 Å². The van der Waals surface area contributed by atoms with Gasteiger partial charge < -0.3 is 9.73 Å². The van der Waals surface area contributed by atoms with E-state index in [2.05, 4.69) is 10.6 Å². The van der Waals surface area contributed by atoms with Gasteiger partial charge in [0.2, 0.25) is 5.91 Å². The minimum atomic E-state index is -2.82. The van der Waals surface area contributed by atoms with Gasteiger partial charge in [-0.3, -0.25) is 10.1 Å². The highest BCUT2D eigenvalue weighted by Crippen LogP contribution is 2.30. The number of benzene rings is 1.